The maximum absolute atomic E-state index is 5.68. The summed E-state index contributed by atoms with van der Waals surface area (Å²) in [6.07, 6.45) is 1.25. The fraction of sp³-hybridized carbons (Fsp3) is 0.727. The van der Waals surface area contributed by atoms with E-state index in [1.54, 1.807) is 11.3 Å². The molecule has 1 unspecified atom stereocenters. The van der Waals surface area contributed by atoms with Gasteiger partial charge in [0, 0.05) is 11.4 Å². The van der Waals surface area contributed by atoms with Crippen LogP contribution >= 0.6 is 11.3 Å². The average molecular weight is 226 g/mol. The van der Waals surface area contributed by atoms with E-state index in [9.17, 15) is 0 Å². The lowest BCUT2D eigenvalue weighted by Crippen LogP contribution is -2.13. The quantitative estimate of drug-likeness (QED) is 0.851. The minimum absolute atomic E-state index is 0.676. The summed E-state index contributed by atoms with van der Waals surface area (Å²) in [4.78, 5) is 5.75. The van der Waals surface area contributed by atoms with Crippen molar-refractivity contribution < 1.29 is 4.74 Å². The monoisotopic (exact) mass is 226 g/mol. The Morgan fingerprint density at radius 2 is 2.40 bits per heavy atom. The summed E-state index contributed by atoms with van der Waals surface area (Å²) in [5, 5.41) is 4.45. The molecule has 1 aliphatic heterocycles. The third-order valence-corrected chi connectivity index (χ3v) is 3.86. The Morgan fingerprint density at radius 1 is 1.53 bits per heavy atom. The molecule has 1 atom stereocenters. The standard InChI is InChI=1S/C11H18N2OS/c1-8-9(2)15-11(13-8)7-14-6-10-3-4-12-5-10/h10,12H,3-7H2,1-2H3. The summed E-state index contributed by atoms with van der Waals surface area (Å²) in [5.41, 5.74) is 1.14. The highest BCUT2D eigenvalue weighted by atomic mass is 32.1. The Morgan fingerprint density at radius 3 is 3.00 bits per heavy atom. The van der Waals surface area contributed by atoms with E-state index in [0.717, 1.165) is 30.4 Å². The maximum atomic E-state index is 5.68. The van der Waals surface area contributed by atoms with Gasteiger partial charge in [0.25, 0.3) is 0 Å². The van der Waals surface area contributed by atoms with Gasteiger partial charge in [0.2, 0.25) is 0 Å². The van der Waals surface area contributed by atoms with Crippen LogP contribution in [-0.2, 0) is 11.3 Å². The van der Waals surface area contributed by atoms with Gasteiger partial charge in [-0.25, -0.2) is 4.98 Å². The minimum atomic E-state index is 0.676. The van der Waals surface area contributed by atoms with Gasteiger partial charge < -0.3 is 10.1 Å². The molecule has 1 aromatic rings. The molecule has 1 aromatic heterocycles. The molecule has 2 heterocycles. The van der Waals surface area contributed by atoms with E-state index in [0.29, 0.717) is 12.5 Å². The molecule has 1 N–H and O–H groups in total. The molecule has 2 rings (SSSR count). The van der Waals surface area contributed by atoms with E-state index in [-0.39, 0.29) is 0 Å². The number of nitrogens with one attached hydrogen (secondary N) is 1. The van der Waals surface area contributed by atoms with E-state index in [2.05, 4.69) is 24.1 Å². The second-order valence-electron chi connectivity index (χ2n) is 4.12. The van der Waals surface area contributed by atoms with Crippen LogP contribution in [0.5, 0.6) is 0 Å². The van der Waals surface area contributed by atoms with Crippen molar-refractivity contribution in [1.82, 2.24) is 10.3 Å². The molecule has 0 saturated carbocycles. The zero-order chi connectivity index (χ0) is 10.7. The largest absolute Gasteiger partial charge is 0.374 e. The van der Waals surface area contributed by atoms with Crippen LogP contribution in [0.2, 0.25) is 0 Å². The average Bonchev–Trinajstić information content (AvgIpc) is 2.79. The van der Waals surface area contributed by atoms with Gasteiger partial charge in [0.05, 0.1) is 18.9 Å². The van der Waals surface area contributed by atoms with Crippen molar-refractivity contribution in [2.45, 2.75) is 26.9 Å². The molecular weight excluding hydrogens is 208 g/mol. The summed E-state index contributed by atoms with van der Waals surface area (Å²) in [7, 11) is 0. The van der Waals surface area contributed by atoms with E-state index < -0.39 is 0 Å². The molecule has 0 radical (unpaired) electrons. The summed E-state index contributed by atoms with van der Waals surface area (Å²) < 4.78 is 5.68. The fourth-order valence-electron chi connectivity index (χ4n) is 1.77. The Labute approximate surface area is 94.9 Å². The van der Waals surface area contributed by atoms with Crippen LogP contribution in [-0.4, -0.2) is 24.7 Å². The van der Waals surface area contributed by atoms with Crippen LogP contribution in [0, 0.1) is 19.8 Å². The lowest BCUT2D eigenvalue weighted by Gasteiger charge is -2.07. The number of thiazole rings is 1. The molecule has 0 aromatic carbocycles. The zero-order valence-electron chi connectivity index (χ0n) is 9.38. The van der Waals surface area contributed by atoms with Crippen LogP contribution in [0.4, 0.5) is 0 Å². The van der Waals surface area contributed by atoms with Crippen LogP contribution in [0.1, 0.15) is 22.0 Å². The lowest BCUT2D eigenvalue weighted by atomic mass is 10.1. The first-order chi connectivity index (χ1) is 7.25. The Hall–Kier alpha value is -0.450. The molecule has 1 saturated heterocycles. The Bertz CT molecular complexity index is 299. The molecule has 1 fully saturated rings. The number of aryl methyl sites for hydroxylation is 2. The van der Waals surface area contributed by atoms with Gasteiger partial charge in [-0.1, -0.05) is 0 Å². The molecule has 3 nitrogen and oxygen atoms in total. The second kappa shape index (κ2) is 5.05. The number of aromatic nitrogens is 1. The van der Waals surface area contributed by atoms with Crippen LogP contribution in [0.15, 0.2) is 0 Å². The number of nitrogens with zero attached hydrogens (tertiary/aromatic N) is 1. The van der Waals surface area contributed by atoms with Crippen molar-refractivity contribution in [2.24, 2.45) is 5.92 Å². The Kier molecular flexibility index (Phi) is 3.72. The first kappa shape index (κ1) is 11.0. The molecular formula is C11H18N2OS. The number of hydrogen-bond acceptors (Lipinski definition) is 4. The predicted molar refractivity (Wildman–Crippen MR) is 62.2 cm³/mol. The van der Waals surface area contributed by atoms with Crippen molar-refractivity contribution in [1.29, 1.82) is 0 Å². The first-order valence-corrected chi connectivity index (χ1v) is 6.28. The Balaban J connectivity index is 1.73. The molecule has 4 heteroatoms. The number of rotatable bonds is 4. The summed E-state index contributed by atoms with van der Waals surface area (Å²) in [6.45, 7) is 7.95. The summed E-state index contributed by atoms with van der Waals surface area (Å²) in [6, 6.07) is 0. The van der Waals surface area contributed by atoms with Gasteiger partial charge in [0.15, 0.2) is 0 Å². The van der Waals surface area contributed by atoms with Crippen molar-refractivity contribution in [2.75, 3.05) is 19.7 Å². The smallest absolute Gasteiger partial charge is 0.119 e. The van der Waals surface area contributed by atoms with Gasteiger partial charge in [0.1, 0.15) is 5.01 Å². The molecule has 15 heavy (non-hydrogen) atoms. The van der Waals surface area contributed by atoms with E-state index in [1.807, 2.05) is 0 Å². The van der Waals surface area contributed by atoms with E-state index in [1.165, 1.54) is 11.3 Å². The normalized spacial score (nSPS) is 21.1. The number of ether oxygens (including phenoxy) is 1. The molecule has 84 valence electrons. The minimum Gasteiger partial charge on any atom is -0.374 e. The molecule has 0 spiro atoms. The zero-order valence-corrected chi connectivity index (χ0v) is 10.2. The second-order valence-corrected chi connectivity index (χ2v) is 5.41. The molecule has 1 aliphatic rings. The first-order valence-electron chi connectivity index (χ1n) is 5.47. The predicted octanol–water partition coefficient (Wildman–Crippen LogP) is 1.89. The SMILES string of the molecule is Cc1nc(COCC2CCNC2)sc1C. The third-order valence-electron chi connectivity index (χ3n) is 2.81. The van der Waals surface area contributed by atoms with Gasteiger partial charge in [-0.2, -0.15) is 0 Å². The number of hydrogen-bond donors (Lipinski definition) is 1. The van der Waals surface area contributed by atoms with Crippen molar-refractivity contribution in [3.63, 3.8) is 0 Å². The van der Waals surface area contributed by atoms with E-state index >= 15 is 0 Å². The van der Waals surface area contributed by atoms with Crippen LogP contribution in [0.3, 0.4) is 0 Å². The highest BCUT2D eigenvalue weighted by Gasteiger charge is 2.14. The lowest BCUT2D eigenvalue weighted by molar-refractivity contribution is 0.0923. The van der Waals surface area contributed by atoms with Crippen molar-refractivity contribution >= 4 is 11.3 Å². The van der Waals surface area contributed by atoms with E-state index in [4.69, 9.17) is 4.74 Å². The molecule has 0 bridgehead atoms. The summed E-state index contributed by atoms with van der Waals surface area (Å²) in [5.74, 6) is 0.701. The fourth-order valence-corrected chi connectivity index (χ4v) is 2.64. The third kappa shape index (κ3) is 3.00. The highest BCUT2D eigenvalue weighted by molar-refractivity contribution is 7.11. The summed E-state index contributed by atoms with van der Waals surface area (Å²) >= 11 is 1.75. The van der Waals surface area contributed by atoms with Gasteiger partial charge >= 0.3 is 0 Å². The van der Waals surface area contributed by atoms with Gasteiger partial charge in [-0.05, 0) is 32.7 Å². The highest BCUT2D eigenvalue weighted by Crippen LogP contribution is 2.17. The van der Waals surface area contributed by atoms with Crippen molar-refractivity contribution in [3.8, 4) is 0 Å². The molecule has 0 amide bonds. The van der Waals surface area contributed by atoms with Crippen molar-refractivity contribution in [3.05, 3.63) is 15.6 Å². The maximum Gasteiger partial charge on any atom is 0.119 e. The van der Waals surface area contributed by atoms with Gasteiger partial charge in [-0.3, -0.25) is 0 Å². The molecule has 0 aliphatic carbocycles. The van der Waals surface area contributed by atoms with Crippen LogP contribution in [0.25, 0.3) is 0 Å². The van der Waals surface area contributed by atoms with Gasteiger partial charge in [-0.15, -0.1) is 11.3 Å². The van der Waals surface area contributed by atoms with Crippen LogP contribution < -0.4 is 5.32 Å². The topological polar surface area (TPSA) is 34.1 Å².